The van der Waals surface area contributed by atoms with Crippen LogP contribution in [0.15, 0.2) is 48.7 Å². The van der Waals surface area contributed by atoms with E-state index in [-0.39, 0.29) is 18.7 Å². The summed E-state index contributed by atoms with van der Waals surface area (Å²) < 4.78 is 11.0. The van der Waals surface area contributed by atoms with Gasteiger partial charge in [-0.15, -0.1) is 0 Å². The lowest BCUT2D eigenvalue weighted by Gasteiger charge is -2.23. The Labute approximate surface area is 233 Å². The van der Waals surface area contributed by atoms with E-state index in [0.29, 0.717) is 15.9 Å². The minimum absolute atomic E-state index is 0.0333. The summed E-state index contributed by atoms with van der Waals surface area (Å²) in [4.78, 5) is 21.5. The first-order valence-electron chi connectivity index (χ1n) is 13.4. The number of nitrogens with zero attached hydrogens (tertiary/aromatic N) is 2. The number of hydrogen-bond donors (Lipinski definition) is 2. The van der Waals surface area contributed by atoms with Crippen LogP contribution in [-0.2, 0) is 10.2 Å². The first kappa shape index (κ1) is 26.9. The zero-order valence-corrected chi connectivity index (χ0v) is 23.5. The van der Waals surface area contributed by atoms with E-state index in [1.54, 1.807) is 0 Å². The Hall–Kier alpha value is -2.65. The van der Waals surface area contributed by atoms with Crippen LogP contribution in [0.1, 0.15) is 61.6 Å². The third-order valence-corrected chi connectivity index (χ3v) is 8.73. The zero-order chi connectivity index (χ0) is 26.5. The summed E-state index contributed by atoms with van der Waals surface area (Å²) in [6.45, 7) is 8.55. The largest absolute Gasteiger partial charge is 0.454 e. The standard InChI is InChI=1S/C29H35ClN4O3S/c1-3-5-15-34(4-2)16-14-31-26(21-8-6-7-9-22(21)30)25-18-32-28(38-25)33-27(35)29(12-13-29)20-10-11-23-24(17-20)37-19-36-23/h6-11,17-18,26,31H,3-5,12-16,19H2,1-2H3,(H,32,33,35). The minimum Gasteiger partial charge on any atom is -0.454 e. The van der Waals surface area contributed by atoms with Crippen LogP contribution in [0.25, 0.3) is 0 Å². The van der Waals surface area contributed by atoms with E-state index < -0.39 is 5.41 Å². The molecule has 1 amide bonds. The number of unbranched alkanes of at least 4 members (excludes halogenated alkanes) is 1. The molecule has 2 N–H and O–H groups in total. The monoisotopic (exact) mass is 554 g/mol. The molecular formula is C29H35ClN4O3S. The average molecular weight is 555 g/mol. The molecule has 2 heterocycles. The molecule has 9 heteroatoms. The number of rotatable bonds is 13. The number of nitrogens with one attached hydrogen (secondary N) is 2. The molecule has 1 saturated carbocycles. The van der Waals surface area contributed by atoms with Crippen LogP contribution in [0, 0.1) is 0 Å². The van der Waals surface area contributed by atoms with Crippen molar-refractivity contribution in [1.82, 2.24) is 15.2 Å². The quantitative estimate of drug-likeness (QED) is 0.270. The molecule has 3 aromatic rings. The topological polar surface area (TPSA) is 75.7 Å². The van der Waals surface area contributed by atoms with E-state index in [1.165, 1.54) is 24.2 Å². The van der Waals surface area contributed by atoms with Crippen LogP contribution < -0.4 is 20.1 Å². The van der Waals surface area contributed by atoms with E-state index in [0.717, 1.165) is 60.8 Å². The van der Waals surface area contributed by atoms with Gasteiger partial charge < -0.3 is 25.0 Å². The fraction of sp³-hybridized carbons (Fsp3) is 0.448. The highest BCUT2D eigenvalue weighted by atomic mass is 35.5. The fourth-order valence-corrected chi connectivity index (χ4v) is 6.06. The predicted molar refractivity (Wildman–Crippen MR) is 153 cm³/mol. The normalized spacial score (nSPS) is 16.0. The van der Waals surface area contributed by atoms with Gasteiger partial charge in [0.1, 0.15) is 0 Å². The smallest absolute Gasteiger partial charge is 0.236 e. The lowest BCUT2D eigenvalue weighted by molar-refractivity contribution is -0.118. The van der Waals surface area contributed by atoms with E-state index in [1.807, 2.05) is 48.7 Å². The minimum atomic E-state index is -0.546. The van der Waals surface area contributed by atoms with Gasteiger partial charge in [-0.2, -0.15) is 0 Å². The van der Waals surface area contributed by atoms with Gasteiger partial charge >= 0.3 is 0 Å². The molecule has 0 radical (unpaired) electrons. The molecule has 1 unspecified atom stereocenters. The number of ether oxygens (including phenoxy) is 2. The molecule has 1 fully saturated rings. The molecule has 2 aromatic carbocycles. The number of likely N-dealkylation sites (N-methyl/N-ethyl adjacent to an activating group) is 1. The molecule has 1 atom stereocenters. The van der Waals surface area contributed by atoms with Crippen molar-refractivity contribution in [1.29, 1.82) is 0 Å². The molecule has 0 spiro atoms. The summed E-state index contributed by atoms with van der Waals surface area (Å²) in [5.74, 6) is 1.39. The van der Waals surface area contributed by atoms with Gasteiger partial charge in [-0.05, 0) is 61.7 Å². The van der Waals surface area contributed by atoms with Gasteiger partial charge in [0.05, 0.1) is 11.5 Å². The van der Waals surface area contributed by atoms with Crippen molar-refractivity contribution >= 4 is 34.0 Å². The molecule has 1 aliphatic carbocycles. The zero-order valence-electron chi connectivity index (χ0n) is 22.0. The molecule has 1 aliphatic heterocycles. The molecule has 2 aliphatic rings. The van der Waals surface area contributed by atoms with Gasteiger partial charge in [0, 0.05) is 29.2 Å². The Kier molecular flexibility index (Phi) is 8.53. The molecule has 5 rings (SSSR count). The number of benzene rings is 2. The Balaban J connectivity index is 1.29. The molecule has 1 aromatic heterocycles. The van der Waals surface area contributed by atoms with Gasteiger partial charge in [0.15, 0.2) is 16.6 Å². The summed E-state index contributed by atoms with van der Waals surface area (Å²) in [5, 5.41) is 8.09. The molecule has 38 heavy (non-hydrogen) atoms. The number of anilines is 1. The van der Waals surface area contributed by atoms with Crippen LogP contribution in [-0.4, -0.2) is 48.8 Å². The maximum atomic E-state index is 13.4. The van der Waals surface area contributed by atoms with Crippen LogP contribution >= 0.6 is 22.9 Å². The first-order chi connectivity index (χ1) is 18.5. The van der Waals surface area contributed by atoms with Crippen molar-refractivity contribution in [3.63, 3.8) is 0 Å². The van der Waals surface area contributed by atoms with Gasteiger partial charge in [-0.3, -0.25) is 4.79 Å². The molecular weight excluding hydrogens is 520 g/mol. The van der Waals surface area contributed by atoms with Crippen LogP contribution in [0.2, 0.25) is 5.02 Å². The summed E-state index contributed by atoms with van der Waals surface area (Å²) in [7, 11) is 0. The second-order valence-corrected chi connectivity index (χ2v) is 11.3. The Morgan fingerprint density at radius 3 is 2.74 bits per heavy atom. The van der Waals surface area contributed by atoms with E-state index in [9.17, 15) is 4.79 Å². The van der Waals surface area contributed by atoms with E-state index in [2.05, 4.69) is 34.4 Å². The summed E-state index contributed by atoms with van der Waals surface area (Å²) in [5.41, 5.74) is 1.41. The predicted octanol–water partition coefficient (Wildman–Crippen LogP) is 6.00. The number of carbonyl (C=O) groups excluding carboxylic acids is 1. The molecule has 0 bridgehead atoms. The third-order valence-electron chi connectivity index (χ3n) is 7.41. The van der Waals surface area contributed by atoms with Gasteiger partial charge in [-0.1, -0.05) is 67.5 Å². The lowest BCUT2D eigenvalue weighted by Crippen LogP contribution is -2.34. The number of aromatic nitrogens is 1. The number of hydrogen-bond acceptors (Lipinski definition) is 7. The van der Waals surface area contributed by atoms with Gasteiger partial charge in [-0.25, -0.2) is 4.98 Å². The first-order valence-corrected chi connectivity index (χ1v) is 14.6. The maximum Gasteiger partial charge on any atom is 0.236 e. The van der Waals surface area contributed by atoms with Crippen molar-refractivity contribution in [2.75, 3.05) is 38.3 Å². The van der Waals surface area contributed by atoms with Gasteiger partial charge in [0.2, 0.25) is 12.7 Å². The highest BCUT2D eigenvalue weighted by molar-refractivity contribution is 7.15. The Bertz CT molecular complexity index is 1260. The van der Waals surface area contributed by atoms with Crippen molar-refractivity contribution < 1.29 is 14.3 Å². The number of fused-ring (bicyclic) bond motifs is 1. The molecule has 0 saturated heterocycles. The van der Waals surface area contributed by atoms with Crippen molar-refractivity contribution in [3.05, 3.63) is 69.7 Å². The van der Waals surface area contributed by atoms with Crippen molar-refractivity contribution in [2.24, 2.45) is 0 Å². The number of thiazole rings is 1. The molecule has 202 valence electrons. The number of amides is 1. The van der Waals surface area contributed by atoms with Crippen molar-refractivity contribution in [3.8, 4) is 11.5 Å². The van der Waals surface area contributed by atoms with Crippen LogP contribution in [0.5, 0.6) is 11.5 Å². The number of halogens is 1. The van der Waals surface area contributed by atoms with Crippen LogP contribution in [0.4, 0.5) is 5.13 Å². The Morgan fingerprint density at radius 1 is 1.16 bits per heavy atom. The van der Waals surface area contributed by atoms with Crippen LogP contribution in [0.3, 0.4) is 0 Å². The highest BCUT2D eigenvalue weighted by Crippen LogP contribution is 2.51. The average Bonchev–Trinajstić information content (AvgIpc) is 3.39. The lowest BCUT2D eigenvalue weighted by atomic mass is 9.94. The van der Waals surface area contributed by atoms with E-state index in [4.69, 9.17) is 21.1 Å². The summed E-state index contributed by atoms with van der Waals surface area (Å²) in [6.07, 6.45) is 5.83. The Morgan fingerprint density at radius 2 is 1.97 bits per heavy atom. The SMILES string of the molecule is CCCCN(CC)CCNC(c1cnc(NC(=O)C2(c3ccc4c(c3)OCO4)CC2)s1)c1ccccc1Cl. The summed E-state index contributed by atoms with van der Waals surface area (Å²) in [6, 6.07) is 13.6. The molecule has 7 nitrogen and oxygen atoms in total. The number of carbonyl (C=O) groups is 1. The highest BCUT2D eigenvalue weighted by Gasteiger charge is 2.52. The maximum absolute atomic E-state index is 13.4. The van der Waals surface area contributed by atoms with E-state index >= 15 is 0 Å². The summed E-state index contributed by atoms with van der Waals surface area (Å²) >= 11 is 8.11. The third kappa shape index (κ3) is 5.83. The second-order valence-electron chi connectivity index (χ2n) is 9.87. The van der Waals surface area contributed by atoms with Gasteiger partial charge in [0.25, 0.3) is 0 Å². The van der Waals surface area contributed by atoms with Crippen molar-refractivity contribution in [2.45, 2.75) is 51.0 Å². The second kappa shape index (κ2) is 12.0. The fourth-order valence-electron chi connectivity index (χ4n) is 4.91.